The number of amides is 1. The lowest BCUT2D eigenvalue weighted by Crippen LogP contribution is -2.39. The molecular formula is C19H20N2O4. The summed E-state index contributed by atoms with van der Waals surface area (Å²) in [4.78, 5) is 37.2. The van der Waals surface area contributed by atoms with Gasteiger partial charge in [0.25, 0.3) is 5.91 Å². The third-order valence-corrected chi connectivity index (χ3v) is 4.65. The Kier molecular flexibility index (Phi) is 4.70. The fourth-order valence-corrected chi connectivity index (χ4v) is 3.26. The Labute approximate surface area is 145 Å². The monoisotopic (exact) mass is 340 g/mol. The first-order valence-electron chi connectivity index (χ1n) is 8.25. The molecule has 1 fully saturated rings. The summed E-state index contributed by atoms with van der Waals surface area (Å²) in [7, 11) is 1.62. The fraction of sp³-hybridized carbons (Fsp3) is 0.316. The number of hydrogen-bond acceptors (Lipinski definition) is 3. The van der Waals surface area contributed by atoms with E-state index in [4.69, 9.17) is 5.11 Å². The van der Waals surface area contributed by atoms with Gasteiger partial charge in [-0.25, -0.2) is 4.79 Å². The predicted molar refractivity (Wildman–Crippen MR) is 93.0 cm³/mol. The van der Waals surface area contributed by atoms with Gasteiger partial charge in [0, 0.05) is 38.3 Å². The first-order chi connectivity index (χ1) is 12.0. The minimum absolute atomic E-state index is 0.102. The number of aromatic nitrogens is 1. The van der Waals surface area contributed by atoms with E-state index < -0.39 is 5.97 Å². The van der Waals surface area contributed by atoms with Crippen LogP contribution in [0.15, 0.2) is 47.4 Å². The molecule has 0 radical (unpaired) electrons. The van der Waals surface area contributed by atoms with Crippen LogP contribution in [0.1, 0.15) is 45.0 Å². The normalized spacial score (nSPS) is 17.3. The van der Waals surface area contributed by atoms with E-state index in [-0.39, 0.29) is 22.9 Å². The van der Waals surface area contributed by atoms with Crippen LogP contribution in [0.25, 0.3) is 0 Å². The molecule has 6 nitrogen and oxygen atoms in total. The van der Waals surface area contributed by atoms with Gasteiger partial charge in [-0.2, -0.15) is 0 Å². The SMILES string of the molecule is Cn1cc(C(=O)N2CCCC(c3cccc(C(=O)O)c3)C2)ccc1=O. The zero-order chi connectivity index (χ0) is 18.0. The molecule has 1 saturated heterocycles. The van der Waals surface area contributed by atoms with E-state index in [0.717, 1.165) is 18.4 Å². The lowest BCUT2D eigenvalue weighted by atomic mass is 9.89. The van der Waals surface area contributed by atoms with Crippen LogP contribution in [0.4, 0.5) is 0 Å². The average Bonchev–Trinajstić information content (AvgIpc) is 2.63. The maximum Gasteiger partial charge on any atom is 0.335 e. The van der Waals surface area contributed by atoms with E-state index in [1.54, 1.807) is 42.4 Å². The largest absolute Gasteiger partial charge is 0.478 e. The molecule has 0 aliphatic carbocycles. The number of hydrogen-bond donors (Lipinski definition) is 1. The summed E-state index contributed by atoms with van der Waals surface area (Å²) >= 11 is 0. The van der Waals surface area contributed by atoms with Crippen LogP contribution in [0.3, 0.4) is 0 Å². The van der Waals surface area contributed by atoms with E-state index in [2.05, 4.69) is 0 Å². The molecule has 1 aliphatic rings. The second-order valence-corrected chi connectivity index (χ2v) is 6.39. The molecule has 130 valence electrons. The summed E-state index contributed by atoms with van der Waals surface area (Å²) in [6, 6.07) is 9.86. The smallest absolute Gasteiger partial charge is 0.335 e. The van der Waals surface area contributed by atoms with Gasteiger partial charge in [0.05, 0.1) is 11.1 Å². The van der Waals surface area contributed by atoms with Crippen molar-refractivity contribution in [3.05, 3.63) is 69.6 Å². The Morgan fingerprint density at radius 1 is 1.16 bits per heavy atom. The van der Waals surface area contributed by atoms with Gasteiger partial charge in [0.2, 0.25) is 5.56 Å². The van der Waals surface area contributed by atoms with Crippen LogP contribution < -0.4 is 5.56 Å². The second-order valence-electron chi connectivity index (χ2n) is 6.39. The number of rotatable bonds is 3. The molecule has 1 aromatic heterocycles. The summed E-state index contributed by atoms with van der Waals surface area (Å²) < 4.78 is 1.39. The number of pyridine rings is 1. The van der Waals surface area contributed by atoms with E-state index >= 15 is 0 Å². The fourth-order valence-electron chi connectivity index (χ4n) is 3.26. The highest BCUT2D eigenvalue weighted by Crippen LogP contribution is 2.28. The topological polar surface area (TPSA) is 79.6 Å². The second kappa shape index (κ2) is 6.93. The van der Waals surface area contributed by atoms with Crippen molar-refractivity contribution in [1.29, 1.82) is 0 Å². The molecule has 2 heterocycles. The van der Waals surface area contributed by atoms with Crippen molar-refractivity contribution in [3.8, 4) is 0 Å². The average molecular weight is 340 g/mol. The van der Waals surface area contributed by atoms with Gasteiger partial charge >= 0.3 is 5.97 Å². The van der Waals surface area contributed by atoms with Gasteiger partial charge in [-0.05, 0) is 36.6 Å². The molecule has 6 heteroatoms. The zero-order valence-electron chi connectivity index (χ0n) is 14.0. The lowest BCUT2D eigenvalue weighted by molar-refractivity contribution is 0.0687. The number of carbonyl (C=O) groups is 2. The molecule has 25 heavy (non-hydrogen) atoms. The maximum absolute atomic E-state index is 12.7. The lowest BCUT2D eigenvalue weighted by Gasteiger charge is -2.33. The predicted octanol–water partition coefficient (Wildman–Crippen LogP) is 2.10. The summed E-state index contributed by atoms with van der Waals surface area (Å²) in [6.45, 7) is 1.21. The molecule has 1 aliphatic heterocycles. The first-order valence-corrected chi connectivity index (χ1v) is 8.25. The highest BCUT2D eigenvalue weighted by Gasteiger charge is 2.26. The molecular weight excluding hydrogens is 320 g/mol. The Balaban J connectivity index is 1.79. The number of aromatic carboxylic acids is 1. The van der Waals surface area contributed by atoms with Gasteiger partial charge in [-0.3, -0.25) is 9.59 Å². The molecule has 0 spiro atoms. The van der Waals surface area contributed by atoms with Gasteiger partial charge in [0.15, 0.2) is 0 Å². The first kappa shape index (κ1) is 17.0. The Hall–Kier alpha value is -2.89. The third-order valence-electron chi connectivity index (χ3n) is 4.65. The van der Waals surface area contributed by atoms with Crippen LogP contribution in [0.2, 0.25) is 0 Å². The molecule has 1 N–H and O–H groups in total. The molecule has 1 amide bonds. The number of benzene rings is 1. The third kappa shape index (κ3) is 3.63. The Morgan fingerprint density at radius 3 is 2.68 bits per heavy atom. The number of carbonyl (C=O) groups excluding carboxylic acids is 1. The summed E-state index contributed by atoms with van der Waals surface area (Å²) in [5.41, 5.74) is 1.54. The number of piperidine rings is 1. The number of nitrogens with zero attached hydrogens (tertiary/aromatic N) is 2. The molecule has 2 aromatic rings. The van der Waals surface area contributed by atoms with Crippen LogP contribution >= 0.6 is 0 Å². The van der Waals surface area contributed by atoms with Crippen molar-refractivity contribution < 1.29 is 14.7 Å². The maximum atomic E-state index is 12.7. The molecule has 0 bridgehead atoms. The number of carboxylic acids is 1. The minimum Gasteiger partial charge on any atom is -0.478 e. The van der Waals surface area contributed by atoms with Crippen molar-refractivity contribution in [2.75, 3.05) is 13.1 Å². The quantitative estimate of drug-likeness (QED) is 0.928. The van der Waals surface area contributed by atoms with Gasteiger partial charge in [0.1, 0.15) is 0 Å². The van der Waals surface area contributed by atoms with Crippen LogP contribution in [0, 0.1) is 0 Å². The molecule has 1 atom stereocenters. The highest BCUT2D eigenvalue weighted by atomic mass is 16.4. The number of aryl methyl sites for hydroxylation is 1. The Morgan fingerprint density at radius 2 is 1.96 bits per heavy atom. The van der Waals surface area contributed by atoms with Gasteiger partial charge in [-0.15, -0.1) is 0 Å². The highest BCUT2D eigenvalue weighted by molar-refractivity contribution is 5.94. The standard InChI is InChI=1S/C19H20N2O4/c1-20-11-16(7-8-17(20)22)18(23)21-9-3-6-15(12-21)13-4-2-5-14(10-13)19(24)25/h2,4-5,7-8,10-11,15H,3,6,9,12H2,1H3,(H,24,25). The van der Waals surface area contributed by atoms with E-state index in [1.165, 1.54) is 10.6 Å². The van der Waals surface area contributed by atoms with Crippen LogP contribution in [-0.4, -0.2) is 39.5 Å². The molecule has 0 saturated carbocycles. The number of carboxylic acid groups (broad SMARTS) is 1. The van der Waals surface area contributed by atoms with E-state index in [0.29, 0.717) is 18.7 Å². The van der Waals surface area contributed by atoms with Crippen LogP contribution in [-0.2, 0) is 7.05 Å². The summed E-state index contributed by atoms with van der Waals surface area (Å²) in [6.07, 6.45) is 3.33. The van der Waals surface area contributed by atoms with Crippen molar-refractivity contribution in [3.63, 3.8) is 0 Å². The Bertz CT molecular complexity index is 872. The van der Waals surface area contributed by atoms with Crippen molar-refractivity contribution in [2.45, 2.75) is 18.8 Å². The van der Waals surface area contributed by atoms with E-state index in [9.17, 15) is 14.4 Å². The van der Waals surface area contributed by atoms with Crippen LogP contribution in [0.5, 0.6) is 0 Å². The van der Waals surface area contributed by atoms with Crippen molar-refractivity contribution in [2.24, 2.45) is 7.05 Å². The molecule has 1 aromatic carbocycles. The summed E-state index contributed by atoms with van der Waals surface area (Å²) in [5.74, 6) is -0.935. The van der Waals surface area contributed by atoms with Crippen molar-refractivity contribution >= 4 is 11.9 Å². The van der Waals surface area contributed by atoms with Gasteiger partial charge in [-0.1, -0.05) is 12.1 Å². The molecule has 3 rings (SSSR count). The minimum atomic E-state index is -0.948. The van der Waals surface area contributed by atoms with Crippen molar-refractivity contribution in [1.82, 2.24) is 9.47 Å². The van der Waals surface area contributed by atoms with Gasteiger partial charge < -0.3 is 14.6 Å². The zero-order valence-corrected chi connectivity index (χ0v) is 14.0. The van der Waals surface area contributed by atoms with E-state index in [1.807, 2.05) is 6.07 Å². The number of likely N-dealkylation sites (tertiary alicyclic amines) is 1. The molecule has 1 unspecified atom stereocenters. The summed E-state index contributed by atoms with van der Waals surface area (Å²) in [5, 5.41) is 9.15.